The predicted octanol–water partition coefficient (Wildman–Crippen LogP) is 3.83. The van der Waals surface area contributed by atoms with E-state index in [1.807, 2.05) is 4.57 Å². The minimum absolute atomic E-state index is 0.0337. The third-order valence-electron chi connectivity index (χ3n) is 5.11. The van der Waals surface area contributed by atoms with Crippen LogP contribution in [-0.4, -0.2) is 69.9 Å². The van der Waals surface area contributed by atoms with Gasteiger partial charge in [-0.05, 0) is 57.2 Å². The number of carbonyl (C=O) groups excluding carboxylic acids is 3. The fourth-order valence-electron chi connectivity index (χ4n) is 3.47. The van der Waals surface area contributed by atoms with Crippen molar-refractivity contribution in [1.29, 1.82) is 0 Å². The first-order chi connectivity index (χ1) is 18.5. The van der Waals surface area contributed by atoms with E-state index in [2.05, 4.69) is 15.6 Å². The quantitative estimate of drug-likeness (QED) is 0.315. The molecule has 0 atom stereocenters. The minimum atomic E-state index is -0.726. The van der Waals surface area contributed by atoms with Gasteiger partial charge in [-0.3, -0.25) is 14.5 Å². The van der Waals surface area contributed by atoms with Crippen molar-refractivity contribution in [2.75, 3.05) is 32.1 Å². The molecule has 3 rings (SSSR count). The predicted molar refractivity (Wildman–Crippen MR) is 148 cm³/mol. The molecule has 0 aliphatic carbocycles. The van der Waals surface area contributed by atoms with Gasteiger partial charge < -0.3 is 29.8 Å². The molecule has 0 fully saturated rings. The summed E-state index contributed by atoms with van der Waals surface area (Å²) in [5.41, 5.74) is 1.20. The number of anilines is 1. The lowest BCUT2D eigenvalue weighted by Gasteiger charge is -2.26. The second-order valence-corrected chi connectivity index (χ2v) is 11.2. The number of hydrogen-bond acceptors (Lipinski definition) is 8. The Morgan fingerprint density at radius 2 is 1.87 bits per heavy atom. The monoisotopic (exact) mass is 577 g/mol. The Hall–Kier alpha value is -3.45. The first-order valence-electron chi connectivity index (χ1n) is 12.1. The van der Waals surface area contributed by atoms with E-state index in [1.165, 1.54) is 11.3 Å². The Morgan fingerprint density at radius 3 is 2.46 bits per heavy atom. The van der Waals surface area contributed by atoms with Crippen LogP contribution >= 0.6 is 22.9 Å². The second-order valence-electron chi connectivity index (χ2n) is 9.46. The van der Waals surface area contributed by atoms with Crippen LogP contribution in [0.25, 0.3) is 5.69 Å². The number of carbonyl (C=O) groups is 3. The summed E-state index contributed by atoms with van der Waals surface area (Å²) in [5.74, 6) is -0.0383. The van der Waals surface area contributed by atoms with E-state index >= 15 is 0 Å². The Bertz CT molecular complexity index is 1280. The molecule has 3 N–H and O–H groups in total. The molecule has 0 spiro atoms. The Kier molecular flexibility index (Phi) is 10.5. The largest absolute Gasteiger partial charge is 0.444 e. The highest BCUT2D eigenvalue weighted by atomic mass is 35.5. The zero-order chi connectivity index (χ0) is 28.6. The molecule has 2 aromatic heterocycles. The van der Waals surface area contributed by atoms with Crippen LogP contribution in [0.5, 0.6) is 0 Å². The van der Waals surface area contributed by atoms with Crippen LogP contribution in [0, 0.1) is 0 Å². The average molecular weight is 578 g/mol. The maximum absolute atomic E-state index is 12.6. The number of aliphatic hydroxyl groups is 1. The fraction of sp³-hybridized carbons (Fsp3) is 0.385. The van der Waals surface area contributed by atoms with E-state index in [4.69, 9.17) is 21.1 Å². The van der Waals surface area contributed by atoms with Crippen molar-refractivity contribution in [2.24, 2.45) is 0 Å². The lowest BCUT2D eigenvalue weighted by atomic mass is 10.2. The summed E-state index contributed by atoms with van der Waals surface area (Å²) in [6.07, 6.45) is 1.12. The maximum atomic E-state index is 12.6. The van der Waals surface area contributed by atoms with Gasteiger partial charge in [0.25, 0.3) is 5.91 Å². The van der Waals surface area contributed by atoms with E-state index < -0.39 is 17.6 Å². The molecule has 11 nitrogen and oxygen atoms in total. The van der Waals surface area contributed by atoms with Crippen LogP contribution in [0.1, 0.15) is 42.0 Å². The summed E-state index contributed by atoms with van der Waals surface area (Å²) in [7, 11) is 1.57. The number of halogens is 1. The molecule has 13 heteroatoms. The molecule has 0 saturated carbocycles. The SMILES string of the molecule is COCc1nc(CNC(=O)c2ccc(Cl)s2)cn1-c1ccc(NC(=O)CN(CCO)C(=O)OC(C)(C)C)cc1. The highest BCUT2D eigenvalue weighted by molar-refractivity contribution is 7.18. The number of rotatable bonds is 11. The van der Waals surface area contributed by atoms with E-state index in [0.717, 1.165) is 10.6 Å². The van der Waals surface area contributed by atoms with Gasteiger partial charge in [0.15, 0.2) is 0 Å². The molecule has 210 valence electrons. The Morgan fingerprint density at radius 1 is 1.15 bits per heavy atom. The zero-order valence-corrected chi connectivity index (χ0v) is 23.8. The Labute approximate surface area is 235 Å². The number of benzene rings is 1. The lowest BCUT2D eigenvalue weighted by Crippen LogP contribution is -2.42. The highest BCUT2D eigenvalue weighted by Gasteiger charge is 2.23. The topological polar surface area (TPSA) is 135 Å². The molecular formula is C26H32ClN5O6S. The van der Waals surface area contributed by atoms with Crippen LogP contribution in [0.2, 0.25) is 4.34 Å². The number of thiophene rings is 1. The van der Waals surface area contributed by atoms with Gasteiger partial charge in [-0.15, -0.1) is 11.3 Å². The highest BCUT2D eigenvalue weighted by Crippen LogP contribution is 2.22. The molecule has 0 aliphatic heterocycles. The van der Waals surface area contributed by atoms with Crippen LogP contribution in [0.15, 0.2) is 42.6 Å². The number of ether oxygens (including phenoxy) is 2. The number of nitrogens with one attached hydrogen (secondary N) is 2. The third-order valence-corrected chi connectivity index (χ3v) is 6.34. The molecular weight excluding hydrogens is 546 g/mol. The fourth-order valence-corrected chi connectivity index (χ4v) is 4.43. The first kappa shape index (κ1) is 30.1. The molecule has 0 bridgehead atoms. The zero-order valence-electron chi connectivity index (χ0n) is 22.2. The number of methoxy groups -OCH3 is 1. The number of aliphatic hydroxyl groups excluding tert-OH is 1. The normalized spacial score (nSPS) is 11.2. The van der Waals surface area contributed by atoms with E-state index in [0.29, 0.717) is 26.4 Å². The van der Waals surface area contributed by atoms with Gasteiger partial charge in [0.1, 0.15) is 24.6 Å². The Balaban J connectivity index is 1.65. The molecule has 2 heterocycles. The van der Waals surface area contributed by atoms with Crippen LogP contribution < -0.4 is 10.6 Å². The molecule has 0 aliphatic rings. The molecule has 0 unspecified atom stereocenters. The van der Waals surface area contributed by atoms with Crippen LogP contribution in [-0.2, 0) is 27.4 Å². The van der Waals surface area contributed by atoms with Crippen LogP contribution in [0.4, 0.5) is 10.5 Å². The van der Waals surface area contributed by atoms with Crippen molar-refractivity contribution in [1.82, 2.24) is 19.8 Å². The summed E-state index contributed by atoms with van der Waals surface area (Å²) >= 11 is 7.11. The summed E-state index contributed by atoms with van der Waals surface area (Å²) in [6, 6.07) is 10.4. The van der Waals surface area contributed by atoms with Crippen molar-refractivity contribution < 1.29 is 29.0 Å². The van der Waals surface area contributed by atoms with Crippen molar-refractivity contribution in [2.45, 2.75) is 39.5 Å². The van der Waals surface area contributed by atoms with E-state index in [1.54, 1.807) is 70.5 Å². The minimum Gasteiger partial charge on any atom is -0.444 e. The molecule has 0 radical (unpaired) electrons. The lowest BCUT2D eigenvalue weighted by molar-refractivity contribution is -0.117. The molecule has 3 amide bonds. The maximum Gasteiger partial charge on any atom is 0.410 e. The van der Waals surface area contributed by atoms with E-state index in [9.17, 15) is 19.5 Å². The number of imidazole rings is 1. The third kappa shape index (κ3) is 9.06. The molecule has 1 aromatic carbocycles. The average Bonchev–Trinajstić information content (AvgIpc) is 3.48. The van der Waals surface area contributed by atoms with Gasteiger partial charge in [0, 0.05) is 31.2 Å². The number of nitrogens with zero attached hydrogens (tertiary/aromatic N) is 3. The summed E-state index contributed by atoms with van der Waals surface area (Å²) in [6.45, 7) is 5.03. The number of aromatic nitrogens is 2. The van der Waals surface area contributed by atoms with Gasteiger partial charge in [-0.2, -0.15) is 0 Å². The molecule has 3 aromatic rings. The smallest absolute Gasteiger partial charge is 0.410 e. The van der Waals surface area contributed by atoms with Gasteiger partial charge in [0.2, 0.25) is 5.91 Å². The molecule has 39 heavy (non-hydrogen) atoms. The second kappa shape index (κ2) is 13.6. The van der Waals surface area contributed by atoms with Crippen molar-refractivity contribution in [3.05, 3.63) is 63.3 Å². The molecule has 0 saturated heterocycles. The van der Waals surface area contributed by atoms with Gasteiger partial charge in [0.05, 0.1) is 28.1 Å². The van der Waals surface area contributed by atoms with Gasteiger partial charge in [-0.1, -0.05) is 11.6 Å². The summed E-state index contributed by atoms with van der Waals surface area (Å²) in [4.78, 5) is 43.5. The van der Waals surface area contributed by atoms with Crippen LogP contribution in [0.3, 0.4) is 0 Å². The summed E-state index contributed by atoms with van der Waals surface area (Å²) in [5, 5.41) is 14.9. The number of hydrogen-bond donors (Lipinski definition) is 3. The van der Waals surface area contributed by atoms with Gasteiger partial charge in [-0.25, -0.2) is 9.78 Å². The standard InChI is InChI=1S/C26H32ClN5O6S/c1-26(2,3)38-25(36)31(11-12-33)15-23(34)30-17-5-7-19(8-6-17)32-14-18(29-22(32)16-37-4)13-28-24(35)20-9-10-21(27)39-20/h5-10,14,33H,11-13,15-16H2,1-4H3,(H,28,35)(H,30,34). The van der Waals surface area contributed by atoms with Crippen molar-refractivity contribution >= 4 is 46.5 Å². The summed E-state index contributed by atoms with van der Waals surface area (Å²) < 4.78 is 13.0. The van der Waals surface area contributed by atoms with Crippen molar-refractivity contribution in [3.63, 3.8) is 0 Å². The van der Waals surface area contributed by atoms with E-state index in [-0.39, 0.29) is 38.8 Å². The van der Waals surface area contributed by atoms with Gasteiger partial charge >= 0.3 is 6.09 Å². The first-order valence-corrected chi connectivity index (χ1v) is 13.3. The van der Waals surface area contributed by atoms with Crippen molar-refractivity contribution in [3.8, 4) is 5.69 Å². The number of amides is 3.